The van der Waals surface area contributed by atoms with Gasteiger partial charge in [-0.3, -0.25) is 33.7 Å². The zero-order valence-corrected chi connectivity index (χ0v) is 29.7. The molecule has 0 aliphatic carbocycles. The van der Waals surface area contributed by atoms with E-state index in [4.69, 9.17) is 23.7 Å². The predicted octanol–water partition coefficient (Wildman–Crippen LogP) is 3.56. The summed E-state index contributed by atoms with van der Waals surface area (Å²) in [6, 6.07) is 15.0. The molecule has 0 aromatic heterocycles. The van der Waals surface area contributed by atoms with Gasteiger partial charge in [0.1, 0.15) is 30.1 Å². The summed E-state index contributed by atoms with van der Waals surface area (Å²) in [6.45, 7) is 4.81. The van der Waals surface area contributed by atoms with Gasteiger partial charge in [-0.2, -0.15) is 0 Å². The van der Waals surface area contributed by atoms with Crippen molar-refractivity contribution in [3.63, 3.8) is 0 Å². The molecule has 1 amide bonds. The molecule has 14 heteroatoms. The minimum Gasteiger partial charge on any atom is -0.463 e. The van der Waals surface area contributed by atoms with E-state index in [-0.39, 0.29) is 24.2 Å². The number of nitrogens with one attached hydrogen (secondary N) is 1. The third-order valence-corrected chi connectivity index (χ3v) is 10.5. The number of benzene rings is 2. The Morgan fingerprint density at radius 3 is 2.12 bits per heavy atom. The molecule has 4 heterocycles. The Morgan fingerprint density at radius 1 is 0.860 bits per heavy atom. The van der Waals surface area contributed by atoms with Crippen LogP contribution in [0.4, 0.5) is 5.69 Å². The molecule has 3 saturated heterocycles. The molecule has 266 valence electrons. The van der Waals surface area contributed by atoms with Crippen molar-refractivity contribution < 1.29 is 52.5 Å². The number of esters is 4. The summed E-state index contributed by atoms with van der Waals surface area (Å²) in [5.74, 6) is -4.90. The molecule has 1 N–H and O–H groups in total. The predicted molar refractivity (Wildman–Crippen MR) is 178 cm³/mol. The second-order valence-corrected chi connectivity index (χ2v) is 14.0. The number of nitrogens with zero attached hydrogens (tertiary/aromatic N) is 1. The second kappa shape index (κ2) is 14.2. The largest absolute Gasteiger partial charge is 0.463 e. The molecule has 3 fully saturated rings. The first-order valence-electron chi connectivity index (χ1n) is 16.6. The topological polar surface area (TPSA) is 164 Å². The molecular weight excluding hydrogens is 716 g/mol. The highest BCUT2D eigenvalue weighted by Gasteiger charge is 2.69. The van der Waals surface area contributed by atoms with Crippen molar-refractivity contribution in [2.24, 2.45) is 5.92 Å². The van der Waals surface area contributed by atoms with E-state index in [1.165, 1.54) is 6.92 Å². The Morgan fingerprint density at radius 2 is 1.48 bits per heavy atom. The number of rotatable bonds is 9. The number of carbonyl (C=O) groups is 6. The first-order chi connectivity index (χ1) is 23.8. The van der Waals surface area contributed by atoms with Crippen LogP contribution in [0.25, 0.3) is 0 Å². The Hall–Kier alpha value is -4.14. The molecule has 2 aromatic carbocycles. The van der Waals surface area contributed by atoms with Crippen molar-refractivity contribution in [1.82, 2.24) is 4.90 Å². The van der Waals surface area contributed by atoms with Crippen LogP contribution in [0.3, 0.4) is 0 Å². The van der Waals surface area contributed by atoms with Gasteiger partial charge in [-0.15, -0.1) is 0 Å². The minimum atomic E-state index is -1.41. The van der Waals surface area contributed by atoms with Gasteiger partial charge in [0.15, 0.2) is 18.3 Å². The molecule has 4 aliphatic rings. The Labute approximate surface area is 297 Å². The highest BCUT2D eigenvalue weighted by Crippen LogP contribution is 2.61. The van der Waals surface area contributed by atoms with Crippen molar-refractivity contribution in [3.8, 4) is 0 Å². The maximum atomic E-state index is 15.2. The number of ketones is 1. The van der Waals surface area contributed by atoms with Crippen molar-refractivity contribution in [2.75, 3.05) is 18.5 Å². The Kier molecular flexibility index (Phi) is 10.2. The molecule has 0 saturated carbocycles. The lowest BCUT2D eigenvalue weighted by Crippen LogP contribution is -2.63. The Balaban J connectivity index is 1.46. The summed E-state index contributed by atoms with van der Waals surface area (Å²) in [4.78, 5) is 80.7. The van der Waals surface area contributed by atoms with E-state index >= 15 is 4.79 Å². The fourth-order valence-corrected chi connectivity index (χ4v) is 8.73. The van der Waals surface area contributed by atoms with E-state index in [1.807, 2.05) is 48.5 Å². The number of anilines is 1. The van der Waals surface area contributed by atoms with Gasteiger partial charge in [-0.25, -0.2) is 0 Å². The second-order valence-electron chi connectivity index (χ2n) is 13.1. The number of fused-ring (bicyclic) bond motifs is 4. The van der Waals surface area contributed by atoms with Crippen LogP contribution in [0.2, 0.25) is 0 Å². The number of hydrogen-bond acceptors (Lipinski definition) is 12. The summed E-state index contributed by atoms with van der Waals surface area (Å²) in [5, 5.41) is 3.04. The summed E-state index contributed by atoms with van der Waals surface area (Å²) in [6.07, 6.45) is -5.38. The van der Waals surface area contributed by atoms with Crippen molar-refractivity contribution in [1.29, 1.82) is 0 Å². The lowest BCUT2D eigenvalue weighted by Gasteiger charge is -2.45. The van der Waals surface area contributed by atoms with Crippen LogP contribution in [0, 0.1) is 5.92 Å². The normalized spacial score (nSPS) is 31.3. The third-order valence-electron chi connectivity index (χ3n) is 10.00. The van der Waals surface area contributed by atoms with Crippen LogP contribution in [0.5, 0.6) is 0 Å². The highest BCUT2D eigenvalue weighted by molar-refractivity contribution is 9.10. The van der Waals surface area contributed by atoms with Crippen molar-refractivity contribution >= 4 is 57.2 Å². The van der Waals surface area contributed by atoms with Crippen LogP contribution in [0.15, 0.2) is 53.0 Å². The lowest BCUT2D eigenvalue weighted by atomic mass is 9.68. The third kappa shape index (κ3) is 6.44. The average molecular weight is 756 g/mol. The monoisotopic (exact) mass is 754 g/mol. The number of Topliss-reactive ketones (excluding diaryl/α,β-unsaturated/α-hetero) is 1. The van der Waals surface area contributed by atoms with Crippen LogP contribution in [-0.4, -0.2) is 90.2 Å². The van der Waals surface area contributed by atoms with Crippen LogP contribution in [0.1, 0.15) is 64.0 Å². The van der Waals surface area contributed by atoms with E-state index in [9.17, 15) is 24.0 Å². The van der Waals surface area contributed by atoms with Gasteiger partial charge in [-0.1, -0.05) is 46.3 Å². The Bertz CT molecular complexity index is 1700. The summed E-state index contributed by atoms with van der Waals surface area (Å²) < 4.78 is 29.2. The van der Waals surface area contributed by atoms with Gasteiger partial charge in [-0.05, 0) is 43.1 Å². The van der Waals surface area contributed by atoms with E-state index in [2.05, 4.69) is 26.1 Å². The molecule has 1 spiro atoms. The number of amides is 1. The van der Waals surface area contributed by atoms with E-state index < -0.39 is 78.4 Å². The van der Waals surface area contributed by atoms with Crippen molar-refractivity contribution in [3.05, 3.63) is 64.1 Å². The molecule has 50 heavy (non-hydrogen) atoms. The van der Waals surface area contributed by atoms with E-state index in [0.717, 1.165) is 43.6 Å². The van der Waals surface area contributed by atoms with Gasteiger partial charge < -0.3 is 29.0 Å². The first kappa shape index (κ1) is 35.7. The fourth-order valence-electron chi connectivity index (χ4n) is 8.46. The molecule has 2 unspecified atom stereocenters. The number of hydrogen-bond donors (Lipinski definition) is 1. The van der Waals surface area contributed by atoms with Gasteiger partial charge in [0.25, 0.3) is 0 Å². The number of ether oxygens (including phenoxy) is 5. The van der Waals surface area contributed by atoms with Crippen LogP contribution >= 0.6 is 15.9 Å². The summed E-state index contributed by atoms with van der Waals surface area (Å²) in [7, 11) is 0. The molecule has 4 aliphatic heterocycles. The molecule has 13 nitrogen and oxygen atoms in total. The van der Waals surface area contributed by atoms with Gasteiger partial charge in [0.2, 0.25) is 5.91 Å². The van der Waals surface area contributed by atoms with E-state index in [0.29, 0.717) is 17.8 Å². The first-order valence-corrected chi connectivity index (χ1v) is 17.4. The zero-order valence-electron chi connectivity index (χ0n) is 28.1. The molecular formula is C36H39BrN2O11. The number of carbonyl (C=O) groups excluding carboxylic acids is 6. The maximum Gasteiger partial charge on any atom is 0.303 e. The maximum absolute atomic E-state index is 15.2. The molecule has 6 rings (SSSR count). The van der Waals surface area contributed by atoms with Gasteiger partial charge >= 0.3 is 23.9 Å². The average Bonchev–Trinajstić information content (AvgIpc) is 3.71. The van der Waals surface area contributed by atoms with Crippen molar-refractivity contribution in [2.45, 2.75) is 95.0 Å². The molecule has 0 radical (unpaired) electrons. The fraction of sp³-hybridized carbons (Fsp3) is 0.500. The summed E-state index contributed by atoms with van der Waals surface area (Å²) >= 11 is 3.51. The smallest absolute Gasteiger partial charge is 0.303 e. The number of para-hydroxylation sites is 1. The SMILES string of the molecule is CC(=O)OC[C@H]1O[C@@H](CC(=O)[C@@H]2C(c3ccc(Br)cc3)C3CCCN3[C@@]23C(=O)Nc2ccccc23)[C@H](OC(C)=O)[C@@H](OC(C)=O)[C@@H]1OC(C)=O. The molecule has 9 atom stereocenters. The standard InChI is InChI=1S/C36H39BrN2O11/c1-18(40)46-17-29-33(48-20(3)42)34(49-21(4)43)32(47-19(2)41)28(50-29)16-27(44)31-30(22-11-13-23(37)14-12-22)26-10-7-15-39(26)36(31)24-8-5-6-9-25(24)38-35(36)45/h5-6,8-9,11-14,26,28-34H,7,10,15-17H2,1-4H3,(H,38,45)/t26?,28-,29+,30?,31+,32-,33+,34+,36+/m0/s1. The van der Waals surface area contributed by atoms with Gasteiger partial charge in [0.05, 0.1) is 5.92 Å². The highest BCUT2D eigenvalue weighted by atomic mass is 79.9. The van der Waals surface area contributed by atoms with Crippen LogP contribution < -0.4 is 5.32 Å². The quantitative estimate of drug-likeness (QED) is 0.293. The molecule has 0 bridgehead atoms. The molecule has 2 aromatic rings. The lowest BCUT2D eigenvalue weighted by molar-refractivity contribution is -0.252. The van der Waals surface area contributed by atoms with Crippen LogP contribution in [-0.2, 0) is 58.0 Å². The number of halogens is 1. The zero-order chi connectivity index (χ0) is 35.9. The summed E-state index contributed by atoms with van der Waals surface area (Å²) in [5.41, 5.74) is 0.880. The van der Waals surface area contributed by atoms with Gasteiger partial charge in [0, 0.05) is 61.8 Å². The van der Waals surface area contributed by atoms with E-state index in [1.54, 1.807) is 0 Å². The minimum absolute atomic E-state index is 0.141.